The van der Waals surface area contributed by atoms with Gasteiger partial charge in [0.2, 0.25) is 0 Å². The molecule has 0 radical (unpaired) electrons. The fourth-order valence-electron chi connectivity index (χ4n) is 1.93. The van der Waals surface area contributed by atoms with E-state index in [2.05, 4.69) is 21.2 Å². The van der Waals surface area contributed by atoms with Crippen LogP contribution >= 0.6 is 15.9 Å². The van der Waals surface area contributed by atoms with Crippen LogP contribution in [0.25, 0.3) is 0 Å². The predicted octanol–water partition coefficient (Wildman–Crippen LogP) is 3.43. The highest BCUT2D eigenvalue weighted by Crippen LogP contribution is 2.25. The van der Waals surface area contributed by atoms with Crippen molar-refractivity contribution >= 4 is 21.9 Å². The minimum absolute atomic E-state index is 0.505. The molecular weight excluding hydrogens is 294 g/mol. The Labute approximate surface area is 117 Å². The summed E-state index contributed by atoms with van der Waals surface area (Å²) in [6, 6.07) is 8.02. The first-order valence-electron chi connectivity index (χ1n) is 6.22. The van der Waals surface area contributed by atoms with E-state index >= 15 is 0 Å². The summed E-state index contributed by atoms with van der Waals surface area (Å²) in [5.41, 5.74) is 0.514. The fraction of sp³-hybridized carbons (Fsp3) is 0.500. The molecule has 0 amide bonds. The summed E-state index contributed by atoms with van der Waals surface area (Å²) in [5.74, 6) is -0.712. The minimum Gasteiger partial charge on any atom is -0.481 e. The van der Waals surface area contributed by atoms with Crippen molar-refractivity contribution in [3.8, 4) is 0 Å². The van der Waals surface area contributed by atoms with E-state index in [-0.39, 0.29) is 0 Å². The number of carboxylic acids is 1. The van der Waals surface area contributed by atoms with Crippen molar-refractivity contribution in [1.82, 2.24) is 5.32 Å². The van der Waals surface area contributed by atoms with Crippen molar-refractivity contribution in [2.75, 3.05) is 6.54 Å². The number of carboxylic acid groups (broad SMARTS) is 1. The third kappa shape index (κ3) is 3.82. The summed E-state index contributed by atoms with van der Waals surface area (Å²) in [6.45, 7) is 5.06. The smallest absolute Gasteiger partial charge is 0.310 e. The Bertz CT molecular complexity index is 385. The van der Waals surface area contributed by atoms with Crippen molar-refractivity contribution < 1.29 is 9.90 Å². The number of nitrogens with one attached hydrogen (secondary N) is 1. The number of halogens is 1. The molecule has 3 nitrogen and oxygen atoms in total. The van der Waals surface area contributed by atoms with E-state index < -0.39 is 11.4 Å². The monoisotopic (exact) mass is 313 g/mol. The second-order valence-electron chi connectivity index (χ2n) is 4.52. The van der Waals surface area contributed by atoms with Gasteiger partial charge in [-0.05, 0) is 30.5 Å². The lowest BCUT2D eigenvalue weighted by atomic mass is 9.82. The van der Waals surface area contributed by atoms with Gasteiger partial charge in [0.05, 0.1) is 5.41 Å². The number of carbonyl (C=O) groups is 1. The Hall–Kier alpha value is -0.870. The van der Waals surface area contributed by atoms with Gasteiger partial charge in [0.15, 0.2) is 0 Å². The first-order chi connectivity index (χ1) is 8.54. The molecular formula is C14H20BrNO2. The lowest BCUT2D eigenvalue weighted by Crippen LogP contribution is -2.39. The fourth-order valence-corrected chi connectivity index (χ4v) is 2.19. The lowest BCUT2D eigenvalue weighted by Gasteiger charge is -2.27. The zero-order valence-electron chi connectivity index (χ0n) is 10.9. The third-order valence-electron chi connectivity index (χ3n) is 3.51. The van der Waals surface area contributed by atoms with Crippen LogP contribution in [0.5, 0.6) is 0 Å². The van der Waals surface area contributed by atoms with Crippen LogP contribution in [-0.2, 0) is 11.3 Å². The number of aliphatic carboxylic acids is 1. The highest BCUT2D eigenvalue weighted by molar-refractivity contribution is 9.10. The highest BCUT2D eigenvalue weighted by atomic mass is 79.9. The maximum atomic E-state index is 11.3. The lowest BCUT2D eigenvalue weighted by molar-refractivity contribution is -0.149. The van der Waals surface area contributed by atoms with Crippen LogP contribution in [0, 0.1) is 5.41 Å². The molecule has 1 aromatic rings. The molecule has 0 spiro atoms. The predicted molar refractivity (Wildman–Crippen MR) is 76.5 cm³/mol. The standard InChI is InChI=1S/C14H20BrNO2/c1-3-14(4-2,13(17)18)10-16-9-11-5-7-12(15)8-6-11/h5-8,16H,3-4,9-10H2,1-2H3,(H,17,18). The number of benzene rings is 1. The van der Waals surface area contributed by atoms with Crippen molar-refractivity contribution in [1.29, 1.82) is 0 Å². The average molecular weight is 314 g/mol. The third-order valence-corrected chi connectivity index (χ3v) is 4.04. The van der Waals surface area contributed by atoms with E-state index in [4.69, 9.17) is 0 Å². The molecule has 0 aliphatic heterocycles. The maximum absolute atomic E-state index is 11.3. The van der Waals surface area contributed by atoms with Crippen LogP contribution in [0.15, 0.2) is 28.7 Å². The number of rotatable bonds is 7. The quantitative estimate of drug-likeness (QED) is 0.810. The van der Waals surface area contributed by atoms with Crippen LogP contribution in [0.1, 0.15) is 32.3 Å². The molecule has 1 aromatic carbocycles. The Morgan fingerprint density at radius 3 is 2.28 bits per heavy atom. The first kappa shape index (κ1) is 15.2. The molecule has 0 aliphatic rings. The van der Waals surface area contributed by atoms with Gasteiger partial charge in [0, 0.05) is 17.6 Å². The van der Waals surface area contributed by atoms with Crippen molar-refractivity contribution in [2.24, 2.45) is 5.41 Å². The van der Waals surface area contributed by atoms with E-state index in [1.165, 1.54) is 0 Å². The molecule has 2 N–H and O–H groups in total. The molecule has 0 aliphatic carbocycles. The van der Waals surface area contributed by atoms with Gasteiger partial charge in [0.25, 0.3) is 0 Å². The Kier molecular flexibility index (Phi) is 5.82. The molecule has 100 valence electrons. The van der Waals surface area contributed by atoms with Gasteiger partial charge in [-0.1, -0.05) is 41.9 Å². The molecule has 0 bridgehead atoms. The van der Waals surface area contributed by atoms with Crippen LogP contribution in [0.2, 0.25) is 0 Å². The van der Waals surface area contributed by atoms with E-state index in [9.17, 15) is 9.90 Å². The molecule has 0 fully saturated rings. The molecule has 0 saturated carbocycles. The van der Waals surface area contributed by atoms with Gasteiger partial charge in [-0.3, -0.25) is 4.79 Å². The van der Waals surface area contributed by atoms with Gasteiger partial charge in [-0.15, -0.1) is 0 Å². The van der Waals surface area contributed by atoms with Crippen molar-refractivity contribution in [3.05, 3.63) is 34.3 Å². The van der Waals surface area contributed by atoms with Gasteiger partial charge >= 0.3 is 5.97 Å². The molecule has 4 heteroatoms. The van der Waals surface area contributed by atoms with Crippen LogP contribution in [0.3, 0.4) is 0 Å². The zero-order chi connectivity index (χ0) is 13.6. The normalized spacial score (nSPS) is 11.5. The summed E-state index contributed by atoms with van der Waals surface area (Å²) >= 11 is 3.39. The highest BCUT2D eigenvalue weighted by Gasteiger charge is 2.34. The van der Waals surface area contributed by atoms with Crippen molar-refractivity contribution in [2.45, 2.75) is 33.2 Å². The first-order valence-corrected chi connectivity index (χ1v) is 7.02. The summed E-state index contributed by atoms with van der Waals surface area (Å²) < 4.78 is 1.05. The SMILES string of the molecule is CCC(CC)(CNCc1ccc(Br)cc1)C(=O)O. The molecule has 0 aromatic heterocycles. The van der Waals surface area contributed by atoms with E-state index in [1.54, 1.807) is 0 Å². The number of hydrogen-bond donors (Lipinski definition) is 2. The number of hydrogen-bond acceptors (Lipinski definition) is 2. The van der Waals surface area contributed by atoms with Gasteiger partial charge in [-0.2, -0.15) is 0 Å². The summed E-state index contributed by atoms with van der Waals surface area (Å²) in [6.07, 6.45) is 1.29. The van der Waals surface area contributed by atoms with Crippen molar-refractivity contribution in [3.63, 3.8) is 0 Å². The largest absolute Gasteiger partial charge is 0.481 e. The minimum atomic E-state index is -0.712. The van der Waals surface area contributed by atoms with E-state index in [0.29, 0.717) is 25.9 Å². The maximum Gasteiger partial charge on any atom is 0.310 e. The Balaban J connectivity index is 2.54. The van der Waals surface area contributed by atoms with Crippen LogP contribution < -0.4 is 5.32 Å². The summed E-state index contributed by atoms with van der Waals surface area (Å²) in [4.78, 5) is 11.3. The molecule has 0 atom stereocenters. The Morgan fingerprint density at radius 1 is 1.28 bits per heavy atom. The van der Waals surface area contributed by atoms with Crippen LogP contribution in [-0.4, -0.2) is 17.6 Å². The van der Waals surface area contributed by atoms with Gasteiger partial charge < -0.3 is 10.4 Å². The van der Waals surface area contributed by atoms with E-state index in [1.807, 2.05) is 38.1 Å². The Morgan fingerprint density at radius 2 is 1.83 bits per heavy atom. The molecule has 0 unspecified atom stereocenters. The van der Waals surface area contributed by atoms with E-state index in [0.717, 1.165) is 10.0 Å². The second kappa shape index (κ2) is 6.90. The molecule has 0 saturated heterocycles. The van der Waals surface area contributed by atoms with Gasteiger partial charge in [-0.25, -0.2) is 0 Å². The molecule has 18 heavy (non-hydrogen) atoms. The topological polar surface area (TPSA) is 49.3 Å². The van der Waals surface area contributed by atoms with Crippen LogP contribution in [0.4, 0.5) is 0 Å². The zero-order valence-corrected chi connectivity index (χ0v) is 12.5. The molecule has 0 heterocycles. The summed E-state index contributed by atoms with van der Waals surface area (Å²) in [7, 11) is 0. The average Bonchev–Trinajstić information content (AvgIpc) is 2.37. The summed E-state index contributed by atoms with van der Waals surface area (Å²) in [5, 5.41) is 12.6. The van der Waals surface area contributed by atoms with Gasteiger partial charge in [0.1, 0.15) is 0 Å². The second-order valence-corrected chi connectivity index (χ2v) is 5.44. The molecule has 1 rings (SSSR count).